The van der Waals surface area contributed by atoms with Crippen LogP contribution >= 0.6 is 0 Å². The van der Waals surface area contributed by atoms with Gasteiger partial charge in [0.05, 0.1) is 6.07 Å². The van der Waals surface area contributed by atoms with Gasteiger partial charge in [0, 0.05) is 31.8 Å². The third-order valence-corrected chi connectivity index (χ3v) is 3.96. The van der Waals surface area contributed by atoms with E-state index in [4.69, 9.17) is 29.2 Å². The number of carbonyl (C=O) groups is 3. The normalized spacial score (nSPS) is 18.1. The van der Waals surface area contributed by atoms with Crippen molar-refractivity contribution in [2.45, 2.75) is 97.8 Å². The van der Waals surface area contributed by atoms with E-state index in [-0.39, 0.29) is 30.2 Å². The molecule has 2 atom stereocenters. The van der Waals surface area contributed by atoms with Gasteiger partial charge in [0.2, 0.25) is 11.8 Å². The monoisotopic (exact) mass is 455 g/mol. The second-order valence-corrected chi connectivity index (χ2v) is 7.45. The zero-order valence-electron chi connectivity index (χ0n) is 19.6. The van der Waals surface area contributed by atoms with E-state index >= 15 is 0 Å². The predicted octanol–water partition coefficient (Wildman–Crippen LogP) is 2.36. The number of carbonyl (C=O) groups excluding carboxylic acids is 7. The molecule has 2 saturated heterocycles. The molecule has 11 nitrogen and oxygen atoms in total. The molecule has 0 aliphatic carbocycles. The molecule has 0 saturated carbocycles. The summed E-state index contributed by atoms with van der Waals surface area (Å²) in [5, 5.41) is 10.2. The second-order valence-electron chi connectivity index (χ2n) is 7.45. The van der Waals surface area contributed by atoms with Crippen molar-refractivity contribution in [2.75, 3.05) is 0 Å². The maximum absolute atomic E-state index is 11.7. The van der Waals surface area contributed by atoms with Crippen molar-refractivity contribution in [3.8, 4) is 6.07 Å². The topological polar surface area (TPSA) is 168 Å². The molecule has 2 aliphatic heterocycles. The molecular weight excluding hydrogens is 422 g/mol. The van der Waals surface area contributed by atoms with Gasteiger partial charge in [-0.3, -0.25) is 9.59 Å². The first-order valence-corrected chi connectivity index (χ1v) is 10.1. The van der Waals surface area contributed by atoms with Crippen molar-refractivity contribution in [1.29, 1.82) is 5.26 Å². The van der Waals surface area contributed by atoms with E-state index in [2.05, 4.69) is 12.2 Å². The number of amides is 3. The van der Waals surface area contributed by atoms with Crippen LogP contribution in [0.3, 0.4) is 0 Å². The van der Waals surface area contributed by atoms with Crippen LogP contribution < -0.4 is 5.32 Å². The molecule has 0 bridgehead atoms. The van der Waals surface area contributed by atoms with Gasteiger partial charge in [0.1, 0.15) is 5.60 Å². The Kier molecular flexibility index (Phi) is 20.4. The molecule has 32 heavy (non-hydrogen) atoms. The highest BCUT2D eigenvalue weighted by Crippen LogP contribution is 2.23. The number of nitrogens with one attached hydrogen (secondary N) is 1. The third kappa shape index (κ3) is 17.5. The zero-order chi connectivity index (χ0) is 25.7. The molecule has 2 fully saturated rings. The standard InChI is InChI=1S/C11H19NO3.C6H11NO.C2H3N.2CO2/c1-5-8-6-7-9(13)12(8)10(14)15-11(2,3)4;1-2-5-3-4-6(8)7-5;1-2-3;2*2-1-3/h8H,5-7H2,1-4H3;5H,2-4H2,1H3,(H,7,8);1H3;;/t8-;5-;;;/m11.../s1. The minimum absolute atomic E-state index is 0.0207. The summed E-state index contributed by atoms with van der Waals surface area (Å²) in [5.74, 6) is 0.105. The molecule has 2 heterocycles. The summed E-state index contributed by atoms with van der Waals surface area (Å²) < 4.78 is 5.19. The van der Waals surface area contributed by atoms with Gasteiger partial charge in [0.25, 0.3) is 0 Å². The first-order chi connectivity index (χ1) is 14.9. The van der Waals surface area contributed by atoms with Crippen LogP contribution in [-0.4, -0.2) is 52.8 Å². The molecule has 0 aromatic heterocycles. The number of rotatable bonds is 2. The Hall–Kier alpha value is -3.34. The number of imide groups is 1. The first-order valence-electron chi connectivity index (χ1n) is 10.1. The number of nitriles is 1. The van der Waals surface area contributed by atoms with E-state index in [1.165, 1.54) is 11.8 Å². The molecule has 11 heteroatoms. The minimum Gasteiger partial charge on any atom is -0.443 e. The molecule has 3 amide bonds. The van der Waals surface area contributed by atoms with Crippen LogP contribution in [0.2, 0.25) is 0 Å². The SMILES string of the molecule is CC#N.CC[C@@H]1CCC(=O)N1.CC[C@@H]1CCC(=O)N1C(=O)OC(C)(C)C.O=C=O.O=C=O. The number of hydrogen-bond acceptors (Lipinski definition) is 9. The summed E-state index contributed by atoms with van der Waals surface area (Å²) in [7, 11) is 0. The molecule has 1 N–H and O–H groups in total. The van der Waals surface area contributed by atoms with Gasteiger partial charge in [-0.05, 0) is 46.5 Å². The molecule has 0 radical (unpaired) electrons. The summed E-state index contributed by atoms with van der Waals surface area (Å²) in [5.41, 5.74) is -0.543. The van der Waals surface area contributed by atoms with Gasteiger partial charge in [-0.1, -0.05) is 13.8 Å². The number of likely N-dealkylation sites (tertiary alicyclic amines) is 1. The van der Waals surface area contributed by atoms with Gasteiger partial charge in [0.15, 0.2) is 0 Å². The lowest BCUT2D eigenvalue weighted by molar-refractivity contribution is -0.193. The Labute approximate surface area is 188 Å². The van der Waals surface area contributed by atoms with Gasteiger partial charge >= 0.3 is 18.4 Å². The van der Waals surface area contributed by atoms with Crippen LogP contribution in [0.15, 0.2) is 0 Å². The quantitative estimate of drug-likeness (QED) is 0.657. The van der Waals surface area contributed by atoms with Crippen molar-refractivity contribution < 1.29 is 38.3 Å². The van der Waals surface area contributed by atoms with Crippen LogP contribution in [0.4, 0.5) is 4.79 Å². The first kappa shape index (κ1) is 33.3. The van der Waals surface area contributed by atoms with E-state index in [1.807, 2.05) is 6.92 Å². The van der Waals surface area contributed by atoms with Crippen molar-refractivity contribution >= 4 is 30.2 Å². The lowest BCUT2D eigenvalue weighted by Gasteiger charge is -2.26. The van der Waals surface area contributed by atoms with Crippen LogP contribution in [0.1, 0.15) is 80.1 Å². The largest absolute Gasteiger partial charge is 0.443 e. The number of nitrogens with zero attached hydrogens (tertiary/aromatic N) is 2. The maximum Gasteiger partial charge on any atom is 0.417 e. The minimum atomic E-state index is -0.543. The Bertz CT molecular complexity index is 670. The Morgan fingerprint density at radius 3 is 1.81 bits per heavy atom. The average molecular weight is 456 g/mol. The summed E-state index contributed by atoms with van der Waals surface area (Å²) in [6.07, 6.45) is 4.86. The van der Waals surface area contributed by atoms with Crippen molar-refractivity contribution in [2.24, 2.45) is 0 Å². The summed E-state index contributed by atoms with van der Waals surface area (Å²) >= 11 is 0. The van der Waals surface area contributed by atoms with Gasteiger partial charge in [-0.15, -0.1) is 0 Å². The van der Waals surface area contributed by atoms with Crippen LogP contribution in [0.5, 0.6) is 0 Å². The van der Waals surface area contributed by atoms with Crippen molar-refractivity contribution in [1.82, 2.24) is 10.2 Å². The molecule has 2 rings (SSSR count). The van der Waals surface area contributed by atoms with E-state index in [1.54, 1.807) is 26.8 Å². The summed E-state index contributed by atoms with van der Waals surface area (Å²) in [6.45, 7) is 10.9. The fraction of sp³-hybridized carbons (Fsp3) is 0.714. The Morgan fingerprint density at radius 1 is 1.06 bits per heavy atom. The number of ether oxygens (including phenoxy) is 1. The zero-order valence-corrected chi connectivity index (χ0v) is 19.6. The molecular formula is C21H33N3O8. The number of hydrogen-bond donors (Lipinski definition) is 1. The third-order valence-electron chi connectivity index (χ3n) is 3.96. The van der Waals surface area contributed by atoms with Crippen LogP contribution in [0.25, 0.3) is 0 Å². The lowest BCUT2D eigenvalue weighted by atomic mass is 10.2. The smallest absolute Gasteiger partial charge is 0.417 e. The lowest BCUT2D eigenvalue weighted by Crippen LogP contribution is -2.41. The molecule has 180 valence electrons. The van der Waals surface area contributed by atoms with Gasteiger partial charge in [-0.25, -0.2) is 9.69 Å². The highest BCUT2D eigenvalue weighted by atomic mass is 16.6. The van der Waals surface area contributed by atoms with Gasteiger partial charge < -0.3 is 10.1 Å². The van der Waals surface area contributed by atoms with E-state index in [0.29, 0.717) is 12.5 Å². The van der Waals surface area contributed by atoms with Gasteiger partial charge in [-0.2, -0.15) is 24.4 Å². The molecule has 0 spiro atoms. The van der Waals surface area contributed by atoms with Crippen molar-refractivity contribution in [3.63, 3.8) is 0 Å². The Balaban J connectivity index is -0.000000413. The van der Waals surface area contributed by atoms with E-state index in [0.717, 1.165) is 32.1 Å². The fourth-order valence-electron chi connectivity index (χ4n) is 2.68. The highest BCUT2D eigenvalue weighted by molar-refractivity contribution is 5.94. The Morgan fingerprint density at radius 2 is 1.53 bits per heavy atom. The molecule has 0 aromatic carbocycles. The molecule has 0 aromatic rings. The summed E-state index contributed by atoms with van der Waals surface area (Å²) in [6, 6.07) is 2.25. The van der Waals surface area contributed by atoms with E-state index in [9.17, 15) is 14.4 Å². The second kappa shape index (κ2) is 19.6. The molecule has 0 unspecified atom stereocenters. The van der Waals surface area contributed by atoms with Crippen LogP contribution in [0, 0.1) is 11.3 Å². The van der Waals surface area contributed by atoms with Crippen molar-refractivity contribution in [3.05, 3.63) is 0 Å². The molecule has 2 aliphatic rings. The predicted molar refractivity (Wildman–Crippen MR) is 109 cm³/mol. The summed E-state index contributed by atoms with van der Waals surface area (Å²) in [4.78, 5) is 67.5. The highest BCUT2D eigenvalue weighted by Gasteiger charge is 2.37. The van der Waals surface area contributed by atoms with E-state index < -0.39 is 11.7 Å². The average Bonchev–Trinajstić information content (AvgIpc) is 3.28. The fourth-order valence-corrected chi connectivity index (χ4v) is 2.68. The van der Waals surface area contributed by atoms with Crippen LogP contribution in [-0.2, 0) is 33.5 Å². The maximum atomic E-state index is 11.7.